The molecule has 0 atom stereocenters. The Balaban J connectivity index is 0.695. The standard InChI is InChI=1S/C96H70Br4N8/c97-85-81(63-39-23-9-24-40-63)93-83(65-43-27-11-28-44-65)91-79(61-35-19-7-20-36-61)77(59-31-15-5-16-32-59)75(105-91)57-71-51-49-69(101-71)55-73-53-67(89(103-73)87(99)95(85)107-93)47-13-3-1-2-4-14-48-68-54-74-56-70-50-52-72(102-70)58-76-78(60-33-17-6-18-34-60)80(62-37-21-8-22-38-62)92(106-76)84(66-45-29-12-30-46-66)94-82(64-41-25-10-26-42-64)86(98)96(108-94)88(100)90(68)104-74/h5-12,15-46,49-58,103-106H,1-4,13-14,47-48H2. The summed E-state index contributed by atoms with van der Waals surface area (Å²) in [6.07, 6.45) is 16.6. The highest BCUT2D eigenvalue weighted by atomic mass is 79.9. The van der Waals surface area contributed by atoms with Crippen LogP contribution < -0.4 is 0 Å². The van der Waals surface area contributed by atoms with E-state index in [0.717, 1.165) is 248 Å². The van der Waals surface area contributed by atoms with E-state index in [0.29, 0.717) is 0 Å². The van der Waals surface area contributed by atoms with E-state index in [2.05, 4.69) is 387 Å². The van der Waals surface area contributed by atoms with Crippen LogP contribution in [0.2, 0.25) is 0 Å². The molecule has 18 rings (SSSR count). The molecule has 12 heteroatoms. The van der Waals surface area contributed by atoms with Crippen molar-refractivity contribution in [2.45, 2.75) is 51.4 Å². The Morgan fingerprint density at radius 1 is 0.241 bits per heavy atom. The topological polar surface area (TPSA) is 115 Å². The quantitative estimate of drug-likeness (QED) is 0.0680. The normalized spacial score (nSPS) is 12.6. The number of halogens is 4. The number of H-pyrrole nitrogens is 4. The molecule has 4 aliphatic heterocycles. The van der Waals surface area contributed by atoms with Crippen LogP contribution in [0.15, 0.2) is 288 Å². The number of nitrogens with one attached hydrogen (secondary N) is 4. The number of fused-ring (bicyclic) bond motifs is 16. The van der Waals surface area contributed by atoms with Crippen molar-refractivity contribution in [3.05, 3.63) is 356 Å². The van der Waals surface area contributed by atoms with Gasteiger partial charge < -0.3 is 19.9 Å². The molecule has 0 spiro atoms. The average molecular weight is 1660 g/mol. The maximum Gasteiger partial charge on any atom is 0.0949 e. The van der Waals surface area contributed by atoms with E-state index in [4.69, 9.17) is 19.9 Å². The Kier molecular flexibility index (Phi) is 19.2. The summed E-state index contributed by atoms with van der Waals surface area (Å²) in [7, 11) is 0. The molecule has 522 valence electrons. The van der Waals surface area contributed by atoms with Crippen molar-refractivity contribution in [2.24, 2.45) is 0 Å². The Labute approximate surface area is 660 Å². The van der Waals surface area contributed by atoms with Crippen LogP contribution in [-0.2, 0) is 12.8 Å². The number of aryl methyl sites for hydroxylation is 2. The molecule has 0 saturated heterocycles. The third-order valence-electron chi connectivity index (χ3n) is 20.7. The molecule has 0 unspecified atom stereocenters. The van der Waals surface area contributed by atoms with Gasteiger partial charge in [0.05, 0.1) is 85.5 Å². The average Bonchev–Trinajstić information content (AvgIpc) is 1.58. The number of rotatable bonds is 17. The maximum absolute atomic E-state index is 5.83. The predicted octanol–water partition coefficient (Wildman–Crippen LogP) is 27.6. The van der Waals surface area contributed by atoms with Gasteiger partial charge in [0, 0.05) is 66.6 Å². The summed E-state index contributed by atoms with van der Waals surface area (Å²) in [4.78, 5) is 38.1. The highest BCUT2D eigenvalue weighted by molar-refractivity contribution is 9.15. The monoisotopic (exact) mass is 1650 g/mol. The maximum atomic E-state index is 5.83. The number of hydrogen-bond donors (Lipinski definition) is 4. The molecule has 8 aromatic carbocycles. The Hall–Kier alpha value is -11.1. The number of unbranched alkanes of at least 4 members (excludes halogenated alkanes) is 5. The van der Waals surface area contributed by atoms with Gasteiger partial charge in [0.1, 0.15) is 0 Å². The van der Waals surface area contributed by atoms with Crippen LogP contribution >= 0.6 is 63.7 Å². The third-order valence-corrected chi connectivity index (χ3v) is 23.8. The first kappa shape index (κ1) is 68.7. The molecule has 14 aromatic rings. The van der Waals surface area contributed by atoms with Crippen LogP contribution in [0.25, 0.3) is 155 Å². The van der Waals surface area contributed by atoms with E-state index in [1.165, 1.54) is 11.1 Å². The number of aromatic nitrogens is 8. The lowest BCUT2D eigenvalue weighted by Crippen LogP contribution is -1.93. The fraction of sp³-hybridized carbons (Fsp3) is 0.0833. The van der Waals surface area contributed by atoms with Crippen LogP contribution in [-0.4, -0.2) is 39.9 Å². The number of aromatic amines is 4. The number of benzene rings is 8. The molecule has 8 nitrogen and oxygen atoms in total. The lowest BCUT2D eigenvalue weighted by molar-refractivity contribution is 0.595. The van der Waals surface area contributed by atoms with E-state index in [9.17, 15) is 0 Å². The van der Waals surface area contributed by atoms with Gasteiger partial charge >= 0.3 is 0 Å². The number of hydrogen-bond acceptors (Lipinski definition) is 4. The second-order valence-electron chi connectivity index (χ2n) is 27.7. The molecule has 0 fully saturated rings. The SMILES string of the molecule is BrC1=C(c2ccccc2)c2nc1c(Br)c1[nH]c(cc3nc(cc4[nH]c(c2-c2ccccc2)c(-c2ccccc2)c4-c2ccccc2)C=C3)cc1CCCCCCCCc1cc2cc3nc(cc4[nH]c(c(-c5ccccc5)c5nc(c(Br)c1[nH]2)C(Br)=C5c1ccccc1)c(-c1ccccc1)c4-c1ccccc1)C=C3. The second-order valence-corrected chi connectivity index (χ2v) is 30.8. The van der Waals surface area contributed by atoms with Crippen LogP contribution in [0.3, 0.4) is 0 Å². The largest absolute Gasteiger partial charge is 0.354 e. The molecule has 108 heavy (non-hydrogen) atoms. The summed E-state index contributed by atoms with van der Waals surface area (Å²) < 4.78 is 3.57. The lowest BCUT2D eigenvalue weighted by atomic mass is 9.91. The second kappa shape index (κ2) is 30.3. The lowest BCUT2D eigenvalue weighted by Gasteiger charge is -2.12. The van der Waals surface area contributed by atoms with E-state index < -0.39 is 0 Å². The van der Waals surface area contributed by atoms with E-state index in [1.807, 2.05) is 0 Å². The Morgan fingerprint density at radius 3 is 0.843 bits per heavy atom. The molecule has 4 aliphatic rings. The fourth-order valence-electron chi connectivity index (χ4n) is 15.8. The van der Waals surface area contributed by atoms with Gasteiger partial charge in [-0.3, -0.25) is 0 Å². The molecular weight excluding hydrogens is 1580 g/mol. The van der Waals surface area contributed by atoms with Gasteiger partial charge in [0.2, 0.25) is 0 Å². The van der Waals surface area contributed by atoms with Crippen molar-refractivity contribution >= 4 is 152 Å². The highest BCUT2D eigenvalue weighted by Gasteiger charge is 2.32. The van der Waals surface area contributed by atoms with Crippen molar-refractivity contribution < 1.29 is 0 Å². The summed E-state index contributed by atoms with van der Waals surface area (Å²) >= 11 is 17.1. The summed E-state index contributed by atoms with van der Waals surface area (Å²) in [5, 5.41) is 0. The van der Waals surface area contributed by atoms with Crippen molar-refractivity contribution in [3.63, 3.8) is 0 Å². The van der Waals surface area contributed by atoms with Crippen LogP contribution in [0, 0.1) is 0 Å². The van der Waals surface area contributed by atoms with Crippen molar-refractivity contribution in [2.75, 3.05) is 0 Å². The molecule has 0 amide bonds. The van der Waals surface area contributed by atoms with E-state index in [-0.39, 0.29) is 0 Å². The Morgan fingerprint density at radius 2 is 0.519 bits per heavy atom. The summed E-state index contributed by atoms with van der Waals surface area (Å²) in [6.45, 7) is 0. The van der Waals surface area contributed by atoms with Crippen LogP contribution in [0.5, 0.6) is 0 Å². The zero-order valence-electron chi connectivity index (χ0n) is 58.8. The van der Waals surface area contributed by atoms with Crippen LogP contribution in [0.4, 0.5) is 0 Å². The molecule has 6 aromatic heterocycles. The summed E-state index contributed by atoms with van der Waals surface area (Å²) in [6, 6.07) is 99.0. The van der Waals surface area contributed by atoms with Crippen LogP contribution in [0.1, 0.15) is 106 Å². The van der Waals surface area contributed by atoms with Gasteiger partial charge in [0.15, 0.2) is 0 Å². The number of nitrogens with zero attached hydrogens (tertiary/aromatic N) is 4. The van der Waals surface area contributed by atoms with E-state index in [1.54, 1.807) is 0 Å². The molecule has 0 radical (unpaired) electrons. The van der Waals surface area contributed by atoms with Gasteiger partial charge in [-0.2, -0.15) is 0 Å². The minimum atomic E-state index is 0.813. The molecular formula is C96H70Br4N8. The van der Waals surface area contributed by atoms with Crippen molar-refractivity contribution in [1.29, 1.82) is 0 Å². The van der Waals surface area contributed by atoms with Crippen molar-refractivity contribution in [1.82, 2.24) is 39.9 Å². The van der Waals surface area contributed by atoms with Gasteiger partial charge in [0.25, 0.3) is 0 Å². The Bertz CT molecular complexity index is 5910. The van der Waals surface area contributed by atoms with Gasteiger partial charge in [-0.1, -0.05) is 268 Å². The first-order chi connectivity index (χ1) is 53.2. The summed E-state index contributed by atoms with van der Waals surface area (Å²) in [5.41, 5.74) is 33.9. The molecule has 16 bridgehead atoms. The van der Waals surface area contributed by atoms with Gasteiger partial charge in [-0.25, -0.2) is 19.9 Å². The summed E-state index contributed by atoms with van der Waals surface area (Å²) in [5.74, 6) is 0. The minimum absolute atomic E-state index is 0.813. The molecule has 0 aliphatic carbocycles. The smallest absolute Gasteiger partial charge is 0.0949 e. The molecule has 0 saturated carbocycles. The zero-order chi connectivity index (χ0) is 72.6. The third kappa shape index (κ3) is 13.4. The first-order valence-corrected chi connectivity index (χ1v) is 40.0. The van der Waals surface area contributed by atoms with E-state index >= 15 is 0 Å². The zero-order valence-corrected chi connectivity index (χ0v) is 65.2. The predicted molar refractivity (Wildman–Crippen MR) is 466 cm³/mol. The van der Waals surface area contributed by atoms with Crippen molar-refractivity contribution in [3.8, 4) is 66.8 Å². The van der Waals surface area contributed by atoms with Gasteiger partial charge in [-0.05, 0) is 206 Å². The fourth-order valence-corrected chi connectivity index (χ4v) is 19.0. The first-order valence-electron chi connectivity index (χ1n) is 36.8. The molecule has 10 heterocycles. The minimum Gasteiger partial charge on any atom is -0.354 e. The molecule has 4 N–H and O–H groups in total. The highest BCUT2D eigenvalue weighted by Crippen LogP contribution is 2.52. The van der Waals surface area contributed by atoms with Gasteiger partial charge in [-0.15, -0.1) is 0 Å².